The summed E-state index contributed by atoms with van der Waals surface area (Å²) in [5.41, 5.74) is 1.74. The summed E-state index contributed by atoms with van der Waals surface area (Å²) in [5, 5.41) is 14.4. The standard InChI is InChI=1S/C19H19ClN6OS/c1-11-15-9-16(18(27)24(3)10-17-22-21-12(2)25(17)4)28-19(15)26(23-11)14-7-5-6-13(20)8-14/h5-9H,10H2,1-4H3. The molecule has 0 spiro atoms. The van der Waals surface area contributed by atoms with Crippen molar-refractivity contribution in [3.8, 4) is 5.69 Å². The van der Waals surface area contributed by atoms with Crippen molar-refractivity contribution in [2.75, 3.05) is 7.05 Å². The number of fused-ring (bicyclic) bond motifs is 1. The first kappa shape index (κ1) is 18.6. The molecule has 9 heteroatoms. The number of amides is 1. The second-order valence-electron chi connectivity index (χ2n) is 6.69. The number of carbonyl (C=O) groups is 1. The molecule has 3 aromatic heterocycles. The van der Waals surface area contributed by atoms with Gasteiger partial charge < -0.3 is 9.47 Å². The fourth-order valence-corrected chi connectivity index (χ4v) is 4.36. The summed E-state index contributed by atoms with van der Waals surface area (Å²) in [6, 6.07) is 9.42. The molecule has 0 saturated heterocycles. The molecule has 0 N–H and O–H groups in total. The van der Waals surface area contributed by atoms with E-state index in [0.717, 1.165) is 33.2 Å². The van der Waals surface area contributed by atoms with E-state index in [2.05, 4.69) is 15.3 Å². The van der Waals surface area contributed by atoms with Crippen LogP contribution in [0.5, 0.6) is 0 Å². The largest absolute Gasteiger partial charge is 0.333 e. The number of nitrogens with zero attached hydrogens (tertiary/aromatic N) is 6. The minimum atomic E-state index is -0.0566. The van der Waals surface area contributed by atoms with E-state index in [4.69, 9.17) is 11.6 Å². The second-order valence-corrected chi connectivity index (χ2v) is 8.16. The third-order valence-electron chi connectivity index (χ3n) is 4.72. The minimum Gasteiger partial charge on any atom is -0.333 e. The number of benzene rings is 1. The van der Waals surface area contributed by atoms with E-state index in [9.17, 15) is 4.79 Å². The number of hydrogen-bond acceptors (Lipinski definition) is 5. The Morgan fingerprint density at radius 3 is 2.71 bits per heavy atom. The minimum absolute atomic E-state index is 0.0566. The van der Waals surface area contributed by atoms with Gasteiger partial charge in [0.2, 0.25) is 0 Å². The van der Waals surface area contributed by atoms with Crippen molar-refractivity contribution in [3.63, 3.8) is 0 Å². The fourth-order valence-electron chi connectivity index (χ4n) is 3.00. The highest BCUT2D eigenvalue weighted by atomic mass is 35.5. The lowest BCUT2D eigenvalue weighted by Gasteiger charge is -2.15. The maximum absolute atomic E-state index is 13.0. The van der Waals surface area contributed by atoms with Crippen LogP contribution in [0.2, 0.25) is 5.02 Å². The van der Waals surface area contributed by atoms with E-state index in [1.165, 1.54) is 11.3 Å². The van der Waals surface area contributed by atoms with Crippen molar-refractivity contribution in [2.24, 2.45) is 7.05 Å². The van der Waals surface area contributed by atoms with E-state index >= 15 is 0 Å². The zero-order valence-corrected chi connectivity index (χ0v) is 17.5. The van der Waals surface area contributed by atoms with Crippen LogP contribution in [0.25, 0.3) is 15.9 Å². The number of hydrogen-bond donors (Lipinski definition) is 0. The van der Waals surface area contributed by atoms with Crippen molar-refractivity contribution >= 4 is 39.1 Å². The molecule has 0 fully saturated rings. The highest BCUT2D eigenvalue weighted by molar-refractivity contribution is 7.20. The number of halogens is 1. The number of aryl methyl sites for hydroxylation is 2. The molecule has 7 nitrogen and oxygen atoms in total. The normalized spacial score (nSPS) is 11.3. The van der Waals surface area contributed by atoms with Crippen molar-refractivity contribution in [1.82, 2.24) is 29.4 Å². The number of carbonyl (C=O) groups excluding carboxylic acids is 1. The van der Waals surface area contributed by atoms with Crippen molar-refractivity contribution < 1.29 is 4.79 Å². The number of rotatable bonds is 4. The molecular weight excluding hydrogens is 396 g/mol. The fraction of sp³-hybridized carbons (Fsp3) is 0.263. The Hall–Kier alpha value is -2.71. The van der Waals surface area contributed by atoms with Crippen molar-refractivity contribution in [2.45, 2.75) is 20.4 Å². The van der Waals surface area contributed by atoms with Crippen molar-refractivity contribution in [3.05, 3.63) is 57.6 Å². The quantitative estimate of drug-likeness (QED) is 0.510. The summed E-state index contributed by atoms with van der Waals surface area (Å²) in [4.78, 5) is 16.2. The van der Waals surface area contributed by atoms with Gasteiger partial charge in [-0.2, -0.15) is 5.10 Å². The maximum Gasteiger partial charge on any atom is 0.264 e. The molecule has 0 atom stereocenters. The average Bonchev–Trinajstić information content (AvgIpc) is 3.32. The first-order valence-corrected chi connectivity index (χ1v) is 9.90. The van der Waals surface area contributed by atoms with Crippen LogP contribution in [0.15, 0.2) is 30.3 Å². The maximum atomic E-state index is 13.0. The third kappa shape index (κ3) is 3.18. The lowest BCUT2D eigenvalue weighted by atomic mass is 10.3. The molecule has 4 rings (SSSR count). The van der Waals surface area contributed by atoms with Crippen LogP contribution < -0.4 is 0 Å². The number of aromatic nitrogens is 5. The summed E-state index contributed by atoms with van der Waals surface area (Å²) in [7, 11) is 3.66. The Bertz CT molecular complexity index is 1190. The molecule has 28 heavy (non-hydrogen) atoms. The van der Waals surface area contributed by atoms with Crippen LogP contribution >= 0.6 is 22.9 Å². The van der Waals surface area contributed by atoms with Crippen LogP contribution in [-0.4, -0.2) is 42.4 Å². The van der Waals surface area contributed by atoms with Gasteiger partial charge in [0.25, 0.3) is 5.91 Å². The van der Waals surface area contributed by atoms with Gasteiger partial charge in [0.05, 0.1) is 22.8 Å². The zero-order valence-electron chi connectivity index (χ0n) is 16.0. The van der Waals surface area contributed by atoms with Gasteiger partial charge >= 0.3 is 0 Å². The monoisotopic (exact) mass is 414 g/mol. The highest BCUT2D eigenvalue weighted by Gasteiger charge is 2.21. The van der Waals surface area contributed by atoms with Crippen LogP contribution in [0.3, 0.4) is 0 Å². The smallest absolute Gasteiger partial charge is 0.264 e. The molecule has 144 valence electrons. The summed E-state index contributed by atoms with van der Waals surface area (Å²) in [5.74, 6) is 1.50. The van der Waals surface area contributed by atoms with Gasteiger partial charge in [0.15, 0.2) is 5.82 Å². The van der Waals surface area contributed by atoms with E-state index in [0.29, 0.717) is 16.4 Å². The first-order chi connectivity index (χ1) is 13.3. The molecule has 0 aliphatic carbocycles. The molecule has 0 radical (unpaired) electrons. The van der Waals surface area contributed by atoms with E-state index in [1.807, 2.05) is 60.5 Å². The average molecular weight is 415 g/mol. The first-order valence-electron chi connectivity index (χ1n) is 8.70. The molecule has 0 saturated carbocycles. The van der Waals surface area contributed by atoms with Crippen LogP contribution in [-0.2, 0) is 13.6 Å². The molecule has 0 bridgehead atoms. The Kier molecular flexibility index (Phi) is 4.68. The van der Waals surface area contributed by atoms with Gasteiger partial charge in [-0.25, -0.2) is 4.68 Å². The zero-order chi connectivity index (χ0) is 20.0. The van der Waals surface area contributed by atoms with Crippen molar-refractivity contribution in [1.29, 1.82) is 0 Å². The molecule has 4 aromatic rings. The Morgan fingerprint density at radius 1 is 1.25 bits per heavy atom. The third-order valence-corrected chi connectivity index (χ3v) is 6.05. The molecule has 0 aliphatic rings. The van der Waals surface area contributed by atoms with Gasteiger partial charge in [0.1, 0.15) is 10.7 Å². The van der Waals surface area contributed by atoms with E-state index < -0.39 is 0 Å². The molecule has 1 aromatic carbocycles. The van der Waals surface area contributed by atoms with Gasteiger partial charge in [0, 0.05) is 24.5 Å². The molecule has 0 aliphatic heterocycles. The van der Waals surface area contributed by atoms with Gasteiger partial charge in [-0.05, 0) is 38.1 Å². The number of thiophene rings is 1. The summed E-state index contributed by atoms with van der Waals surface area (Å²) in [6.07, 6.45) is 0. The molecule has 3 heterocycles. The lowest BCUT2D eigenvalue weighted by Crippen LogP contribution is -2.27. The molecular formula is C19H19ClN6OS. The van der Waals surface area contributed by atoms with Gasteiger partial charge in [-0.15, -0.1) is 21.5 Å². The van der Waals surface area contributed by atoms with Gasteiger partial charge in [-0.1, -0.05) is 17.7 Å². The van der Waals surface area contributed by atoms with E-state index in [1.54, 1.807) is 11.9 Å². The van der Waals surface area contributed by atoms with Crippen LogP contribution in [0.1, 0.15) is 27.0 Å². The highest BCUT2D eigenvalue weighted by Crippen LogP contribution is 2.31. The predicted octanol–water partition coefficient (Wildman–Crippen LogP) is 3.76. The topological polar surface area (TPSA) is 68.8 Å². The predicted molar refractivity (Wildman–Crippen MR) is 110 cm³/mol. The lowest BCUT2D eigenvalue weighted by molar-refractivity contribution is 0.0785. The van der Waals surface area contributed by atoms with Crippen LogP contribution in [0, 0.1) is 13.8 Å². The molecule has 1 amide bonds. The summed E-state index contributed by atoms with van der Waals surface area (Å²) in [6.45, 7) is 4.22. The van der Waals surface area contributed by atoms with Gasteiger partial charge in [-0.3, -0.25) is 4.79 Å². The van der Waals surface area contributed by atoms with Crippen LogP contribution in [0.4, 0.5) is 0 Å². The Labute approximate surface area is 171 Å². The van der Waals surface area contributed by atoms with E-state index in [-0.39, 0.29) is 5.91 Å². The SMILES string of the molecule is Cc1nn(-c2cccc(Cl)c2)c2sc(C(=O)N(C)Cc3nnc(C)n3C)cc12. The molecule has 0 unspecified atom stereocenters. The summed E-state index contributed by atoms with van der Waals surface area (Å²) >= 11 is 7.56. The summed E-state index contributed by atoms with van der Waals surface area (Å²) < 4.78 is 3.72. The Balaban J connectivity index is 1.67. The Morgan fingerprint density at radius 2 is 2.04 bits per heavy atom. The second kappa shape index (κ2) is 7.03.